The lowest BCUT2D eigenvalue weighted by molar-refractivity contribution is 0.391. The molecule has 0 saturated carbocycles. The first kappa shape index (κ1) is 14.3. The molecule has 17 heavy (non-hydrogen) atoms. The summed E-state index contributed by atoms with van der Waals surface area (Å²) in [6.45, 7) is 2.73. The van der Waals surface area contributed by atoms with Gasteiger partial charge < -0.3 is 15.3 Å². The molecular formula is C13H21ClN2O. The van der Waals surface area contributed by atoms with Crippen molar-refractivity contribution in [1.29, 1.82) is 0 Å². The van der Waals surface area contributed by atoms with E-state index in [1.54, 1.807) is 18.2 Å². The quantitative estimate of drug-likeness (QED) is 0.736. The van der Waals surface area contributed by atoms with Crippen LogP contribution in [0.15, 0.2) is 18.2 Å². The number of unbranched alkanes of at least 4 members (excludes halogenated alkanes) is 1. The summed E-state index contributed by atoms with van der Waals surface area (Å²) in [5, 5.41) is 13.6. The number of aromatic hydroxyl groups is 1. The summed E-state index contributed by atoms with van der Waals surface area (Å²) in [6, 6.07) is 5.12. The van der Waals surface area contributed by atoms with Crippen molar-refractivity contribution in [3.63, 3.8) is 0 Å². The van der Waals surface area contributed by atoms with Crippen molar-refractivity contribution in [2.24, 2.45) is 0 Å². The average molecular weight is 257 g/mol. The van der Waals surface area contributed by atoms with E-state index in [0.29, 0.717) is 17.3 Å². The molecule has 1 rings (SSSR count). The highest BCUT2D eigenvalue weighted by Crippen LogP contribution is 2.20. The monoisotopic (exact) mass is 256 g/mol. The summed E-state index contributed by atoms with van der Waals surface area (Å²) >= 11 is 5.87. The van der Waals surface area contributed by atoms with Gasteiger partial charge in [0.1, 0.15) is 5.75 Å². The van der Waals surface area contributed by atoms with Crippen LogP contribution in [0.1, 0.15) is 18.4 Å². The maximum absolute atomic E-state index is 9.61. The van der Waals surface area contributed by atoms with Crippen molar-refractivity contribution in [3.05, 3.63) is 28.8 Å². The number of rotatable bonds is 7. The van der Waals surface area contributed by atoms with Gasteiger partial charge in [0, 0.05) is 17.1 Å². The molecule has 0 atom stereocenters. The summed E-state index contributed by atoms with van der Waals surface area (Å²) in [5.74, 6) is 0.301. The minimum absolute atomic E-state index is 0.301. The molecular weight excluding hydrogens is 236 g/mol. The molecule has 96 valence electrons. The third-order valence-corrected chi connectivity index (χ3v) is 2.80. The van der Waals surface area contributed by atoms with Gasteiger partial charge >= 0.3 is 0 Å². The van der Waals surface area contributed by atoms with Crippen molar-refractivity contribution in [3.8, 4) is 5.75 Å². The Morgan fingerprint density at radius 3 is 2.76 bits per heavy atom. The first-order chi connectivity index (χ1) is 8.09. The Morgan fingerprint density at radius 1 is 1.29 bits per heavy atom. The molecule has 0 heterocycles. The zero-order chi connectivity index (χ0) is 12.7. The highest BCUT2D eigenvalue weighted by atomic mass is 35.5. The number of nitrogens with zero attached hydrogens (tertiary/aromatic N) is 1. The van der Waals surface area contributed by atoms with Crippen molar-refractivity contribution in [1.82, 2.24) is 10.2 Å². The van der Waals surface area contributed by atoms with Crippen LogP contribution in [0.5, 0.6) is 5.75 Å². The lowest BCUT2D eigenvalue weighted by Crippen LogP contribution is -2.18. The molecule has 1 aromatic carbocycles. The van der Waals surface area contributed by atoms with Crippen LogP contribution in [-0.4, -0.2) is 37.2 Å². The molecule has 0 amide bonds. The Labute approximate surface area is 108 Å². The minimum atomic E-state index is 0.301. The molecule has 0 aliphatic heterocycles. The van der Waals surface area contributed by atoms with Gasteiger partial charge in [0.2, 0.25) is 0 Å². The summed E-state index contributed by atoms with van der Waals surface area (Å²) < 4.78 is 0. The standard InChI is InChI=1S/C13H21ClN2O/c1-16(2)8-4-3-7-15-10-11-9-12(14)5-6-13(11)17/h5-6,9,15,17H,3-4,7-8,10H2,1-2H3. The fourth-order valence-electron chi connectivity index (χ4n) is 1.60. The van der Waals surface area contributed by atoms with Gasteiger partial charge in [-0.25, -0.2) is 0 Å². The van der Waals surface area contributed by atoms with Crippen molar-refractivity contribution in [2.75, 3.05) is 27.2 Å². The fraction of sp³-hybridized carbons (Fsp3) is 0.538. The Bertz CT molecular complexity index is 342. The van der Waals surface area contributed by atoms with Crippen LogP contribution < -0.4 is 5.32 Å². The molecule has 0 unspecified atom stereocenters. The summed E-state index contributed by atoms with van der Waals surface area (Å²) in [6.07, 6.45) is 2.32. The van der Waals surface area contributed by atoms with E-state index in [1.807, 2.05) is 0 Å². The second-order valence-electron chi connectivity index (χ2n) is 4.46. The van der Waals surface area contributed by atoms with Crippen LogP contribution in [0, 0.1) is 0 Å². The molecule has 2 N–H and O–H groups in total. The van der Waals surface area contributed by atoms with Crippen LogP contribution in [-0.2, 0) is 6.54 Å². The van der Waals surface area contributed by atoms with E-state index in [0.717, 1.165) is 25.1 Å². The predicted molar refractivity (Wildman–Crippen MR) is 72.6 cm³/mol. The SMILES string of the molecule is CN(C)CCCCNCc1cc(Cl)ccc1O. The number of benzene rings is 1. The summed E-state index contributed by atoms with van der Waals surface area (Å²) in [7, 11) is 4.16. The molecule has 1 aromatic rings. The largest absolute Gasteiger partial charge is 0.508 e. The van der Waals surface area contributed by atoms with Gasteiger partial charge in [-0.1, -0.05) is 11.6 Å². The number of phenolic OH excluding ortho intramolecular Hbond substituents is 1. The Kier molecular flexibility index (Phi) is 6.34. The van der Waals surface area contributed by atoms with Gasteiger partial charge in [0.15, 0.2) is 0 Å². The first-order valence-corrected chi connectivity index (χ1v) is 6.30. The third-order valence-electron chi connectivity index (χ3n) is 2.57. The highest BCUT2D eigenvalue weighted by Gasteiger charge is 2.01. The molecule has 0 aromatic heterocycles. The van der Waals surface area contributed by atoms with Crippen molar-refractivity contribution >= 4 is 11.6 Å². The Balaban J connectivity index is 2.20. The first-order valence-electron chi connectivity index (χ1n) is 5.92. The van der Waals surface area contributed by atoms with E-state index in [2.05, 4.69) is 24.3 Å². The summed E-state index contributed by atoms with van der Waals surface area (Å²) in [4.78, 5) is 2.18. The van der Waals surface area contributed by atoms with Gasteiger partial charge in [-0.15, -0.1) is 0 Å². The van der Waals surface area contributed by atoms with E-state index < -0.39 is 0 Å². The van der Waals surface area contributed by atoms with E-state index in [-0.39, 0.29) is 0 Å². The number of nitrogens with one attached hydrogen (secondary N) is 1. The molecule has 4 heteroatoms. The van der Waals surface area contributed by atoms with Crippen LogP contribution in [0.3, 0.4) is 0 Å². The molecule has 0 spiro atoms. The van der Waals surface area contributed by atoms with Crippen LogP contribution >= 0.6 is 11.6 Å². The number of halogens is 1. The van der Waals surface area contributed by atoms with E-state index in [1.165, 1.54) is 6.42 Å². The van der Waals surface area contributed by atoms with Gasteiger partial charge in [-0.05, 0) is 58.2 Å². The maximum Gasteiger partial charge on any atom is 0.120 e. The highest BCUT2D eigenvalue weighted by molar-refractivity contribution is 6.30. The molecule has 0 bridgehead atoms. The third kappa shape index (κ3) is 5.91. The Morgan fingerprint density at radius 2 is 2.06 bits per heavy atom. The number of hydrogen-bond acceptors (Lipinski definition) is 3. The summed E-state index contributed by atoms with van der Waals surface area (Å²) in [5.41, 5.74) is 0.852. The molecule has 0 radical (unpaired) electrons. The maximum atomic E-state index is 9.61. The number of hydrogen-bond donors (Lipinski definition) is 2. The topological polar surface area (TPSA) is 35.5 Å². The van der Waals surface area contributed by atoms with Crippen molar-refractivity contribution in [2.45, 2.75) is 19.4 Å². The van der Waals surface area contributed by atoms with Gasteiger partial charge in [-0.2, -0.15) is 0 Å². The van der Waals surface area contributed by atoms with Gasteiger partial charge in [0.05, 0.1) is 0 Å². The minimum Gasteiger partial charge on any atom is -0.508 e. The smallest absolute Gasteiger partial charge is 0.120 e. The molecule has 3 nitrogen and oxygen atoms in total. The van der Waals surface area contributed by atoms with Crippen LogP contribution in [0.2, 0.25) is 5.02 Å². The van der Waals surface area contributed by atoms with Gasteiger partial charge in [-0.3, -0.25) is 0 Å². The fourth-order valence-corrected chi connectivity index (χ4v) is 1.79. The molecule has 0 aliphatic carbocycles. The van der Waals surface area contributed by atoms with Crippen LogP contribution in [0.4, 0.5) is 0 Å². The lowest BCUT2D eigenvalue weighted by Gasteiger charge is -2.10. The zero-order valence-corrected chi connectivity index (χ0v) is 11.3. The van der Waals surface area contributed by atoms with Gasteiger partial charge in [0.25, 0.3) is 0 Å². The van der Waals surface area contributed by atoms with Crippen molar-refractivity contribution < 1.29 is 5.11 Å². The van der Waals surface area contributed by atoms with E-state index in [4.69, 9.17) is 11.6 Å². The molecule has 0 aliphatic rings. The molecule has 0 saturated heterocycles. The molecule has 0 fully saturated rings. The second kappa shape index (κ2) is 7.54. The number of phenols is 1. The van der Waals surface area contributed by atoms with Crippen LogP contribution in [0.25, 0.3) is 0 Å². The lowest BCUT2D eigenvalue weighted by atomic mass is 10.2. The van der Waals surface area contributed by atoms with E-state index in [9.17, 15) is 5.11 Å². The average Bonchev–Trinajstić information content (AvgIpc) is 2.27. The normalized spacial score (nSPS) is 11.1. The zero-order valence-electron chi connectivity index (χ0n) is 10.5. The Hall–Kier alpha value is -0.770. The second-order valence-corrected chi connectivity index (χ2v) is 4.90. The van der Waals surface area contributed by atoms with E-state index >= 15 is 0 Å². The predicted octanol–water partition coefficient (Wildman–Crippen LogP) is 2.48.